The first-order valence-electron chi connectivity index (χ1n) is 9.86. The molecular formula is C22H23N3O4S. The third-order valence-corrected chi connectivity index (χ3v) is 5.30. The molecule has 1 aliphatic rings. The van der Waals surface area contributed by atoms with Crippen molar-refractivity contribution in [2.45, 2.75) is 38.8 Å². The van der Waals surface area contributed by atoms with Crippen molar-refractivity contribution in [3.63, 3.8) is 0 Å². The van der Waals surface area contributed by atoms with Gasteiger partial charge in [-0.3, -0.25) is 4.79 Å². The number of para-hydroxylation sites is 2. The van der Waals surface area contributed by atoms with Gasteiger partial charge in [0.25, 0.3) is 10.7 Å². The van der Waals surface area contributed by atoms with Crippen LogP contribution in [0, 0.1) is 4.84 Å². The first-order chi connectivity index (χ1) is 14.6. The van der Waals surface area contributed by atoms with Crippen LogP contribution in [0.3, 0.4) is 0 Å². The molecule has 156 valence electrons. The predicted octanol–water partition coefficient (Wildman–Crippen LogP) is 4.31. The quantitative estimate of drug-likeness (QED) is 0.569. The molecule has 0 radical (unpaired) electrons. The Morgan fingerprint density at radius 1 is 1.20 bits per heavy atom. The van der Waals surface area contributed by atoms with Crippen molar-refractivity contribution in [1.29, 1.82) is 0 Å². The smallest absolute Gasteiger partial charge is 0.287 e. The molecule has 1 aliphatic carbocycles. The standard InChI is InChI=1S/C22H23N3O4S/c1-27-19-9-5-4-8-18(19)23-20(26)13-25-22(30)29-21(24-25)14-28-17-11-10-15-6-2-3-7-16(15)12-17/h4-5,8-12H,2-3,6-7,13-14H2,1H3,(H,23,26). The number of hydrogen-bond acceptors (Lipinski definition) is 6. The zero-order valence-corrected chi connectivity index (χ0v) is 17.5. The molecule has 0 spiro atoms. The van der Waals surface area contributed by atoms with Crippen molar-refractivity contribution in [3.8, 4) is 11.5 Å². The van der Waals surface area contributed by atoms with E-state index in [0.717, 1.165) is 18.6 Å². The molecule has 0 atom stereocenters. The maximum atomic E-state index is 12.4. The average Bonchev–Trinajstić information content (AvgIpc) is 3.11. The number of nitrogens with zero attached hydrogens (tertiary/aromatic N) is 2. The Morgan fingerprint density at radius 2 is 2.00 bits per heavy atom. The summed E-state index contributed by atoms with van der Waals surface area (Å²) in [4.78, 5) is 12.5. The van der Waals surface area contributed by atoms with E-state index in [-0.39, 0.29) is 23.9 Å². The van der Waals surface area contributed by atoms with Gasteiger partial charge >= 0.3 is 0 Å². The number of hydrogen-bond donors (Lipinski definition) is 1. The van der Waals surface area contributed by atoms with Crippen molar-refractivity contribution < 1.29 is 18.7 Å². The number of ether oxygens (including phenoxy) is 2. The largest absolute Gasteiger partial charge is 0.495 e. The summed E-state index contributed by atoms with van der Waals surface area (Å²) in [6.07, 6.45) is 4.68. The highest BCUT2D eigenvalue weighted by Gasteiger charge is 2.13. The maximum absolute atomic E-state index is 12.4. The lowest BCUT2D eigenvalue weighted by Crippen LogP contribution is -2.20. The van der Waals surface area contributed by atoms with E-state index in [4.69, 9.17) is 26.1 Å². The second-order valence-corrected chi connectivity index (χ2v) is 7.44. The van der Waals surface area contributed by atoms with E-state index in [1.165, 1.54) is 28.7 Å². The Hall–Kier alpha value is -3.13. The second kappa shape index (κ2) is 9.13. The summed E-state index contributed by atoms with van der Waals surface area (Å²) in [5.74, 6) is 1.39. The molecule has 0 fully saturated rings. The van der Waals surface area contributed by atoms with E-state index >= 15 is 0 Å². The Labute approximate surface area is 179 Å². The molecule has 1 N–H and O–H groups in total. The number of aryl methyl sites for hydroxylation is 2. The zero-order valence-electron chi connectivity index (χ0n) is 16.7. The van der Waals surface area contributed by atoms with Gasteiger partial charge in [0.2, 0.25) is 5.91 Å². The predicted molar refractivity (Wildman–Crippen MR) is 114 cm³/mol. The molecule has 0 saturated carbocycles. The molecule has 8 heteroatoms. The molecule has 0 saturated heterocycles. The highest BCUT2D eigenvalue weighted by Crippen LogP contribution is 2.26. The summed E-state index contributed by atoms with van der Waals surface area (Å²) in [5.41, 5.74) is 3.32. The Bertz CT molecular complexity index is 1110. The fourth-order valence-corrected chi connectivity index (χ4v) is 3.73. The Kier molecular flexibility index (Phi) is 6.13. The number of aromatic nitrogens is 2. The first kappa shape index (κ1) is 20.2. The monoisotopic (exact) mass is 425 g/mol. The van der Waals surface area contributed by atoms with Crippen molar-refractivity contribution in [2.24, 2.45) is 0 Å². The van der Waals surface area contributed by atoms with Crippen LogP contribution in [0.2, 0.25) is 0 Å². The van der Waals surface area contributed by atoms with Gasteiger partial charge in [-0.1, -0.05) is 18.2 Å². The van der Waals surface area contributed by atoms with Gasteiger partial charge < -0.3 is 19.2 Å². The van der Waals surface area contributed by atoms with Crippen LogP contribution in [0.25, 0.3) is 0 Å². The minimum Gasteiger partial charge on any atom is -0.495 e. The lowest BCUT2D eigenvalue weighted by atomic mass is 9.92. The molecule has 1 aromatic heterocycles. The van der Waals surface area contributed by atoms with Crippen LogP contribution in [-0.2, 0) is 30.8 Å². The zero-order chi connectivity index (χ0) is 20.9. The van der Waals surface area contributed by atoms with Crippen LogP contribution >= 0.6 is 12.2 Å². The van der Waals surface area contributed by atoms with E-state index in [9.17, 15) is 4.79 Å². The van der Waals surface area contributed by atoms with Crippen molar-refractivity contribution in [2.75, 3.05) is 12.4 Å². The summed E-state index contributed by atoms with van der Waals surface area (Å²) in [7, 11) is 1.55. The summed E-state index contributed by atoms with van der Waals surface area (Å²) < 4.78 is 17.9. The van der Waals surface area contributed by atoms with Gasteiger partial charge in [-0.15, -0.1) is 5.10 Å². The Balaban J connectivity index is 1.37. The number of fused-ring (bicyclic) bond motifs is 1. The fraction of sp³-hybridized carbons (Fsp3) is 0.318. The summed E-state index contributed by atoms with van der Waals surface area (Å²) in [6.45, 7) is 0.0722. The van der Waals surface area contributed by atoms with Crippen molar-refractivity contribution >= 4 is 23.8 Å². The average molecular weight is 426 g/mol. The maximum Gasteiger partial charge on any atom is 0.287 e. The molecule has 1 amide bonds. The van der Waals surface area contributed by atoms with E-state index in [2.05, 4.69) is 22.5 Å². The number of nitrogens with one attached hydrogen (secondary N) is 1. The molecule has 2 aromatic carbocycles. The molecular weight excluding hydrogens is 402 g/mol. The third-order valence-electron chi connectivity index (χ3n) is 5.00. The van der Waals surface area contributed by atoms with Crippen LogP contribution in [-0.4, -0.2) is 22.8 Å². The molecule has 1 heterocycles. The van der Waals surface area contributed by atoms with Gasteiger partial charge in [0.05, 0.1) is 12.8 Å². The second-order valence-electron chi connectivity index (χ2n) is 7.09. The minimum absolute atomic E-state index is 0.0702. The number of methoxy groups -OCH3 is 1. The molecule has 7 nitrogen and oxygen atoms in total. The summed E-state index contributed by atoms with van der Waals surface area (Å²) in [6, 6.07) is 13.4. The number of benzene rings is 2. The number of rotatable bonds is 7. The van der Waals surface area contributed by atoms with Crippen LogP contribution in [0.4, 0.5) is 5.69 Å². The normalized spacial score (nSPS) is 12.8. The lowest BCUT2D eigenvalue weighted by Gasteiger charge is -2.16. The van der Waals surface area contributed by atoms with Crippen LogP contribution in [0.5, 0.6) is 11.5 Å². The van der Waals surface area contributed by atoms with Gasteiger partial charge in [-0.25, -0.2) is 4.68 Å². The van der Waals surface area contributed by atoms with Gasteiger partial charge in [-0.2, -0.15) is 0 Å². The topological polar surface area (TPSA) is 78.5 Å². The van der Waals surface area contributed by atoms with Gasteiger partial charge in [-0.05, 0) is 73.3 Å². The van der Waals surface area contributed by atoms with Crippen LogP contribution in [0.1, 0.15) is 29.9 Å². The molecule has 4 rings (SSSR count). The highest BCUT2D eigenvalue weighted by atomic mass is 32.1. The number of carbonyl (C=O) groups excluding carboxylic acids is 1. The van der Waals surface area contributed by atoms with Crippen molar-refractivity contribution in [3.05, 3.63) is 64.3 Å². The minimum atomic E-state index is -0.286. The molecule has 0 unspecified atom stereocenters. The number of anilines is 1. The molecule has 0 aliphatic heterocycles. The summed E-state index contributed by atoms with van der Waals surface area (Å²) >= 11 is 5.19. The summed E-state index contributed by atoms with van der Waals surface area (Å²) in [5, 5.41) is 7.05. The SMILES string of the molecule is COc1ccccc1NC(=O)Cn1nc(COc2ccc3c(c2)CCCC3)oc1=S. The van der Waals surface area contributed by atoms with Crippen LogP contribution in [0.15, 0.2) is 46.9 Å². The first-order valence-corrected chi connectivity index (χ1v) is 10.3. The van der Waals surface area contributed by atoms with Gasteiger partial charge in [0.1, 0.15) is 18.0 Å². The fourth-order valence-electron chi connectivity index (χ4n) is 3.53. The molecule has 3 aromatic rings. The number of carbonyl (C=O) groups is 1. The Morgan fingerprint density at radius 3 is 2.83 bits per heavy atom. The third kappa shape index (κ3) is 4.71. The van der Waals surface area contributed by atoms with E-state index in [0.29, 0.717) is 17.3 Å². The van der Waals surface area contributed by atoms with Gasteiger partial charge in [0, 0.05) is 0 Å². The van der Waals surface area contributed by atoms with Gasteiger partial charge in [0.15, 0.2) is 6.61 Å². The highest BCUT2D eigenvalue weighted by molar-refractivity contribution is 7.71. The molecule has 30 heavy (non-hydrogen) atoms. The van der Waals surface area contributed by atoms with E-state index < -0.39 is 0 Å². The lowest BCUT2D eigenvalue weighted by molar-refractivity contribution is -0.117. The number of amides is 1. The van der Waals surface area contributed by atoms with Crippen LogP contribution < -0.4 is 14.8 Å². The molecule has 0 bridgehead atoms. The van der Waals surface area contributed by atoms with E-state index in [1.54, 1.807) is 19.2 Å². The van der Waals surface area contributed by atoms with Crippen molar-refractivity contribution in [1.82, 2.24) is 9.78 Å². The van der Waals surface area contributed by atoms with E-state index in [1.807, 2.05) is 18.2 Å².